The quantitative estimate of drug-likeness (QED) is 0.647. The zero-order chi connectivity index (χ0) is 18.8. The van der Waals surface area contributed by atoms with Crippen molar-refractivity contribution in [2.24, 2.45) is 0 Å². The molecule has 2 aromatic carbocycles. The molecule has 26 heavy (non-hydrogen) atoms. The van der Waals surface area contributed by atoms with Gasteiger partial charge in [-0.25, -0.2) is 0 Å². The number of ether oxygens (including phenoxy) is 2. The second-order valence-electron chi connectivity index (χ2n) is 6.30. The Hall–Kier alpha value is -2.49. The summed E-state index contributed by atoms with van der Waals surface area (Å²) >= 11 is 0. The van der Waals surface area contributed by atoms with Gasteiger partial charge in [0.15, 0.2) is 6.10 Å². The third kappa shape index (κ3) is 6.43. The summed E-state index contributed by atoms with van der Waals surface area (Å²) in [7, 11) is 0. The Morgan fingerprint density at radius 2 is 1.85 bits per heavy atom. The van der Waals surface area contributed by atoms with Crippen LogP contribution in [0, 0.1) is 6.92 Å². The molecular weight excluding hydrogens is 326 g/mol. The Kier molecular flexibility index (Phi) is 8.00. The van der Waals surface area contributed by atoms with Gasteiger partial charge in [0.2, 0.25) is 0 Å². The first-order valence-electron chi connectivity index (χ1n) is 9.35. The normalized spacial score (nSPS) is 11.7. The van der Waals surface area contributed by atoms with E-state index in [1.54, 1.807) is 0 Å². The molecule has 0 aromatic heterocycles. The van der Waals surface area contributed by atoms with Gasteiger partial charge in [-0.05, 0) is 68.5 Å². The molecule has 0 saturated carbocycles. The van der Waals surface area contributed by atoms with E-state index < -0.39 is 6.10 Å². The van der Waals surface area contributed by atoms with E-state index in [4.69, 9.17) is 9.47 Å². The number of aryl methyl sites for hydroxylation is 2. The number of carbonyl (C=O) groups excluding carboxylic acids is 1. The van der Waals surface area contributed by atoms with E-state index in [2.05, 4.69) is 17.4 Å². The highest BCUT2D eigenvalue weighted by atomic mass is 16.5. The molecule has 1 atom stereocenters. The van der Waals surface area contributed by atoms with E-state index >= 15 is 0 Å². The monoisotopic (exact) mass is 355 g/mol. The van der Waals surface area contributed by atoms with E-state index in [0.717, 1.165) is 29.9 Å². The molecule has 2 rings (SSSR count). The summed E-state index contributed by atoms with van der Waals surface area (Å²) in [5, 5.41) is 2.98. The Morgan fingerprint density at radius 3 is 2.50 bits per heavy atom. The second-order valence-corrected chi connectivity index (χ2v) is 6.30. The maximum Gasteiger partial charge on any atom is 0.261 e. The molecule has 0 saturated heterocycles. The lowest BCUT2D eigenvalue weighted by Crippen LogP contribution is -2.38. The molecule has 0 heterocycles. The highest BCUT2D eigenvalue weighted by molar-refractivity contribution is 5.81. The van der Waals surface area contributed by atoms with Crippen LogP contribution in [0.1, 0.15) is 37.8 Å². The second kappa shape index (κ2) is 10.5. The lowest BCUT2D eigenvalue weighted by Gasteiger charge is -2.17. The summed E-state index contributed by atoms with van der Waals surface area (Å²) in [6.07, 6.45) is 1.99. The molecule has 1 N–H and O–H groups in total. The summed E-state index contributed by atoms with van der Waals surface area (Å²) in [5.74, 6) is 1.57. The van der Waals surface area contributed by atoms with Gasteiger partial charge in [-0.3, -0.25) is 4.79 Å². The fourth-order valence-corrected chi connectivity index (χ4v) is 2.71. The van der Waals surface area contributed by atoms with Gasteiger partial charge in [-0.1, -0.05) is 31.2 Å². The van der Waals surface area contributed by atoms with Gasteiger partial charge in [0.05, 0.1) is 6.61 Å². The van der Waals surface area contributed by atoms with Crippen molar-refractivity contribution in [3.8, 4) is 11.5 Å². The third-order valence-corrected chi connectivity index (χ3v) is 4.11. The highest BCUT2D eigenvalue weighted by Gasteiger charge is 2.17. The van der Waals surface area contributed by atoms with Crippen molar-refractivity contribution < 1.29 is 14.3 Å². The van der Waals surface area contributed by atoms with Crippen molar-refractivity contribution in [3.05, 3.63) is 59.7 Å². The van der Waals surface area contributed by atoms with Crippen LogP contribution < -0.4 is 14.8 Å². The molecule has 0 fully saturated rings. The van der Waals surface area contributed by atoms with Gasteiger partial charge < -0.3 is 14.8 Å². The number of hydrogen-bond acceptors (Lipinski definition) is 3. The van der Waals surface area contributed by atoms with Crippen molar-refractivity contribution in [3.63, 3.8) is 0 Å². The van der Waals surface area contributed by atoms with Crippen LogP contribution in [0.25, 0.3) is 0 Å². The van der Waals surface area contributed by atoms with Gasteiger partial charge in [0.1, 0.15) is 11.5 Å². The molecule has 0 aliphatic heterocycles. The minimum absolute atomic E-state index is 0.0549. The molecule has 4 nitrogen and oxygen atoms in total. The average molecular weight is 355 g/mol. The lowest BCUT2D eigenvalue weighted by molar-refractivity contribution is -0.128. The maximum atomic E-state index is 12.3. The predicted octanol–water partition coefficient (Wildman–Crippen LogP) is 4.30. The molecular formula is C22H29NO3. The number of rotatable bonds is 10. The Morgan fingerprint density at radius 1 is 1.08 bits per heavy atom. The van der Waals surface area contributed by atoms with Crippen LogP contribution in [0.3, 0.4) is 0 Å². The van der Waals surface area contributed by atoms with Gasteiger partial charge in [0, 0.05) is 6.54 Å². The van der Waals surface area contributed by atoms with Crippen molar-refractivity contribution >= 4 is 5.91 Å². The third-order valence-electron chi connectivity index (χ3n) is 4.11. The molecule has 140 valence electrons. The van der Waals surface area contributed by atoms with Gasteiger partial charge in [-0.15, -0.1) is 0 Å². The first-order valence-corrected chi connectivity index (χ1v) is 9.35. The first-order chi connectivity index (χ1) is 12.6. The minimum Gasteiger partial charge on any atom is -0.494 e. The van der Waals surface area contributed by atoms with Gasteiger partial charge >= 0.3 is 0 Å². The van der Waals surface area contributed by atoms with Crippen LogP contribution in [0.15, 0.2) is 48.5 Å². The van der Waals surface area contributed by atoms with Crippen LogP contribution in [0.4, 0.5) is 0 Å². The van der Waals surface area contributed by atoms with Crippen LogP contribution in [-0.4, -0.2) is 25.2 Å². The molecule has 1 amide bonds. The molecule has 0 spiro atoms. The molecule has 4 heteroatoms. The van der Waals surface area contributed by atoms with E-state index in [0.29, 0.717) is 19.6 Å². The van der Waals surface area contributed by atoms with E-state index in [-0.39, 0.29) is 5.91 Å². The smallest absolute Gasteiger partial charge is 0.261 e. The summed E-state index contributed by atoms with van der Waals surface area (Å²) < 4.78 is 11.3. The lowest BCUT2D eigenvalue weighted by atomic mass is 10.1. The molecule has 1 unspecified atom stereocenters. The molecule has 0 bridgehead atoms. The van der Waals surface area contributed by atoms with E-state index in [1.165, 1.54) is 5.56 Å². The summed E-state index contributed by atoms with van der Waals surface area (Å²) in [5.41, 5.74) is 2.36. The summed E-state index contributed by atoms with van der Waals surface area (Å²) in [6, 6.07) is 15.9. The van der Waals surface area contributed by atoms with Crippen LogP contribution >= 0.6 is 0 Å². The number of hydrogen-bond donors (Lipinski definition) is 1. The van der Waals surface area contributed by atoms with Crippen LogP contribution in [-0.2, 0) is 11.2 Å². The largest absolute Gasteiger partial charge is 0.494 e. The van der Waals surface area contributed by atoms with E-state index in [1.807, 2.05) is 57.2 Å². The number of amides is 1. The molecule has 0 aliphatic rings. The SMILES string of the molecule is CCOc1ccc(CCCNC(=O)C(CC)Oc2cccc(C)c2)cc1. The molecule has 0 radical (unpaired) electrons. The standard InChI is InChI=1S/C22H29NO3/c1-4-21(26-20-10-6-8-17(3)16-20)22(24)23-15-7-9-18-11-13-19(14-12-18)25-5-2/h6,8,10-14,16,21H,4-5,7,9,15H2,1-3H3,(H,23,24). The van der Waals surface area contributed by atoms with Crippen molar-refractivity contribution in [1.82, 2.24) is 5.32 Å². The number of nitrogens with one attached hydrogen (secondary N) is 1. The minimum atomic E-state index is -0.456. The predicted molar refractivity (Wildman–Crippen MR) is 105 cm³/mol. The Balaban J connectivity index is 1.74. The van der Waals surface area contributed by atoms with E-state index in [9.17, 15) is 4.79 Å². The first kappa shape index (κ1) is 19.8. The topological polar surface area (TPSA) is 47.6 Å². The van der Waals surface area contributed by atoms with Crippen molar-refractivity contribution in [2.45, 2.75) is 46.1 Å². The van der Waals surface area contributed by atoms with Gasteiger partial charge in [-0.2, -0.15) is 0 Å². The van der Waals surface area contributed by atoms with Gasteiger partial charge in [0.25, 0.3) is 5.91 Å². The number of benzene rings is 2. The van der Waals surface area contributed by atoms with Crippen molar-refractivity contribution in [1.29, 1.82) is 0 Å². The molecule has 2 aromatic rings. The molecule has 0 aliphatic carbocycles. The maximum absolute atomic E-state index is 12.3. The number of carbonyl (C=O) groups is 1. The van der Waals surface area contributed by atoms with Crippen LogP contribution in [0.2, 0.25) is 0 Å². The van der Waals surface area contributed by atoms with Crippen LogP contribution in [0.5, 0.6) is 11.5 Å². The summed E-state index contributed by atoms with van der Waals surface area (Å²) in [4.78, 5) is 12.3. The zero-order valence-corrected chi connectivity index (χ0v) is 16.0. The fraction of sp³-hybridized carbons (Fsp3) is 0.409. The summed E-state index contributed by atoms with van der Waals surface area (Å²) in [6.45, 7) is 7.26. The Bertz CT molecular complexity index is 682. The average Bonchev–Trinajstić information content (AvgIpc) is 2.64. The Labute approximate surface area is 156 Å². The fourth-order valence-electron chi connectivity index (χ4n) is 2.71. The zero-order valence-electron chi connectivity index (χ0n) is 16.0. The van der Waals surface area contributed by atoms with Crippen molar-refractivity contribution in [2.75, 3.05) is 13.2 Å². The highest BCUT2D eigenvalue weighted by Crippen LogP contribution is 2.16.